The van der Waals surface area contributed by atoms with Crippen molar-refractivity contribution in [1.29, 1.82) is 0 Å². The topological polar surface area (TPSA) is 72.7 Å². The average molecular weight is 349 g/mol. The molecule has 0 aliphatic rings. The van der Waals surface area contributed by atoms with Crippen molar-refractivity contribution in [2.75, 3.05) is 5.32 Å². The molecular weight excluding hydrogens is 326 g/mol. The van der Waals surface area contributed by atoms with E-state index in [1.54, 1.807) is 0 Å². The summed E-state index contributed by atoms with van der Waals surface area (Å²) in [6, 6.07) is 14.0. The van der Waals surface area contributed by atoms with Gasteiger partial charge in [0.15, 0.2) is 0 Å². The van der Waals surface area contributed by atoms with Crippen LogP contribution >= 0.6 is 0 Å². The quantitative estimate of drug-likeness (QED) is 0.762. The molecule has 0 bridgehead atoms. The number of aromatic nitrogens is 4. The number of benzene rings is 2. The van der Waals surface area contributed by atoms with Crippen LogP contribution in [0, 0.1) is 13.8 Å². The van der Waals surface area contributed by atoms with Crippen molar-refractivity contribution in [1.82, 2.24) is 20.2 Å². The second kappa shape index (κ2) is 7.47. The minimum Gasteiger partial charge on any atom is -0.324 e. The monoisotopic (exact) mass is 349 g/mol. The van der Waals surface area contributed by atoms with Crippen LogP contribution < -0.4 is 5.32 Å². The third-order valence-electron chi connectivity index (χ3n) is 4.32. The predicted molar refractivity (Wildman–Crippen MR) is 102 cm³/mol. The molecule has 0 saturated carbocycles. The molecule has 1 amide bonds. The first kappa shape index (κ1) is 17.8. The SMILES string of the molecule is Cc1cccc(C)c1NC(=O)Cn1nnc(-c2ccc(C(C)C)cc2)n1. The number of hydrogen-bond acceptors (Lipinski definition) is 4. The smallest absolute Gasteiger partial charge is 0.248 e. The number of anilines is 1. The average Bonchev–Trinajstić information content (AvgIpc) is 3.07. The Morgan fingerprint density at radius 3 is 2.35 bits per heavy atom. The highest BCUT2D eigenvalue weighted by atomic mass is 16.2. The lowest BCUT2D eigenvalue weighted by molar-refractivity contribution is -0.117. The van der Waals surface area contributed by atoms with Crippen LogP contribution in [-0.2, 0) is 11.3 Å². The summed E-state index contributed by atoms with van der Waals surface area (Å²) in [4.78, 5) is 13.6. The van der Waals surface area contributed by atoms with Crippen molar-refractivity contribution < 1.29 is 4.79 Å². The summed E-state index contributed by atoms with van der Waals surface area (Å²) in [5.41, 5.74) is 5.03. The number of carbonyl (C=O) groups excluding carboxylic acids is 1. The van der Waals surface area contributed by atoms with Crippen molar-refractivity contribution in [2.45, 2.75) is 40.2 Å². The molecule has 2 aromatic carbocycles. The number of nitrogens with one attached hydrogen (secondary N) is 1. The van der Waals surface area contributed by atoms with Gasteiger partial charge in [0, 0.05) is 11.3 Å². The summed E-state index contributed by atoms with van der Waals surface area (Å²) in [7, 11) is 0. The molecule has 0 spiro atoms. The maximum absolute atomic E-state index is 12.3. The number of rotatable bonds is 5. The van der Waals surface area contributed by atoms with Gasteiger partial charge in [-0.25, -0.2) is 0 Å². The van der Waals surface area contributed by atoms with Crippen LogP contribution in [0.3, 0.4) is 0 Å². The first-order valence-electron chi connectivity index (χ1n) is 8.68. The maximum Gasteiger partial charge on any atom is 0.248 e. The van der Waals surface area contributed by atoms with Gasteiger partial charge in [-0.15, -0.1) is 10.2 Å². The third kappa shape index (κ3) is 3.96. The van der Waals surface area contributed by atoms with E-state index in [9.17, 15) is 4.79 Å². The van der Waals surface area contributed by atoms with E-state index in [4.69, 9.17) is 0 Å². The van der Waals surface area contributed by atoms with Gasteiger partial charge in [-0.05, 0) is 41.7 Å². The van der Waals surface area contributed by atoms with Crippen LogP contribution in [0.5, 0.6) is 0 Å². The zero-order valence-corrected chi connectivity index (χ0v) is 15.5. The third-order valence-corrected chi connectivity index (χ3v) is 4.32. The lowest BCUT2D eigenvalue weighted by atomic mass is 10.0. The minimum absolute atomic E-state index is 0.0187. The molecule has 1 heterocycles. The normalized spacial score (nSPS) is 11.0. The summed E-state index contributed by atoms with van der Waals surface area (Å²) >= 11 is 0. The van der Waals surface area contributed by atoms with Gasteiger partial charge in [-0.1, -0.05) is 56.3 Å². The molecule has 0 unspecified atom stereocenters. The number of carbonyl (C=O) groups is 1. The highest BCUT2D eigenvalue weighted by Crippen LogP contribution is 2.20. The second-order valence-corrected chi connectivity index (χ2v) is 6.74. The number of tetrazole rings is 1. The van der Waals surface area contributed by atoms with Crippen LogP contribution in [0.15, 0.2) is 42.5 Å². The Morgan fingerprint density at radius 2 is 1.73 bits per heavy atom. The Morgan fingerprint density at radius 1 is 1.08 bits per heavy atom. The van der Waals surface area contributed by atoms with Crippen molar-refractivity contribution in [3.05, 3.63) is 59.2 Å². The number of para-hydroxylation sites is 1. The van der Waals surface area contributed by atoms with Gasteiger partial charge in [0.1, 0.15) is 6.54 Å². The molecule has 3 aromatic rings. The summed E-state index contributed by atoms with van der Waals surface area (Å²) in [5, 5.41) is 15.3. The molecule has 3 rings (SSSR count). The molecule has 0 saturated heterocycles. The molecule has 0 fully saturated rings. The first-order valence-corrected chi connectivity index (χ1v) is 8.68. The molecule has 6 nitrogen and oxygen atoms in total. The Kier molecular flexibility index (Phi) is 5.11. The van der Waals surface area contributed by atoms with Crippen LogP contribution in [0.4, 0.5) is 5.69 Å². The fourth-order valence-electron chi connectivity index (χ4n) is 2.76. The highest BCUT2D eigenvalue weighted by Gasteiger charge is 2.12. The van der Waals surface area contributed by atoms with Gasteiger partial charge < -0.3 is 5.32 Å². The molecule has 0 atom stereocenters. The summed E-state index contributed by atoms with van der Waals surface area (Å²) in [6.07, 6.45) is 0. The van der Waals surface area contributed by atoms with Gasteiger partial charge in [0.25, 0.3) is 0 Å². The van der Waals surface area contributed by atoms with E-state index in [0.29, 0.717) is 11.7 Å². The maximum atomic E-state index is 12.3. The Hall–Kier alpha value is -3.02. The van der Waals surface area contributed by atoms with E-state index in [2.05, 4.69) is 46.7 Å². The molecule has 6 heteroatoms. The molecule has 0 radical (unpaired) electrons. The Balaban J connectivity index is 1.69. The van der Waals surface area contributed by atoms with E-state index in [1.807, 2.05) is 44.2 Å². The number of aryl methyl sites for hydroxylation is 2. The van der Waals surface area contributed by atoms with Crippen LogP contribution in [-0.4, -0.2) is 26.1 Å². The second-order valence-electron chi connectivity index (χ2n) is 6.74. The zero-order valence-electron chi connectivity index (χ0n) is 15.5. The molecular formula is C20H23N5O. The largest absolute Gasteiger partial charge is 0.324 e. The van der Waals surface area contributed by atoms with Gasteiger partial charge >= 0.3 is 0 Å². The summed E-state index contributed by atoms with van der Waals surface area (Å²) in [5.74, 6) is 0.808. The molecule has 0 aliphatic heterocycles. The Labute approximate surface area is 153 Å². The van der Waals surface area contributed by atoms with Crippen molar-refractivity contribution in [3.8, 4) is 11.4 Å². The van der Waals surface area contributed by atoms with E-state index >= 15 is 0 Å². The van der Waals surface area contributed by atoms with Gasteiger partial charge in [-0.3, -0.25) is 4.79 Å². The lowest BCUT2D eigenvalue weighted by Crippen LogP contribution is -2.21. The van der Waals surface area contributed by atoms with Gasteiger partial charge in [0.05, 0.1) is 0 Å². The number of hydrogen-bond donors (Lipinski definition) is 1. The predicted octanol–water partition coefficient (Wildman–Crippen LogP) is 3.72. The Bertz CT molecular complexity index is 892. The number of amides is 1. The van der Waals surface area contributed by atoms with Crippen LogP contribution in [0.2, 0.25) is 0 Å². The lowest BCUT2D eigenvalue weighted by Gasteiger charge is -2.10. The van der Waals surface area contributed by atoms with Gasteiger partial charge in [0.2, 0.25) is 11.7 Å². The van der Waals surface area contributed by atoms with Crippen molar-refractivity contribution in [2.24, 2.45) is 0 Å². The minimum atomic E-state index is -0.179. The van der Waals surface area contributed by atoms with Gasteiger partial charge in [-0.2, -0.15) is 4.80 Å². The number of nitrogens with zero attached hydrogens (tertiary/aromatic N) is 4. The summed E-state index contributed by atoms with van der Waals surface area (Å²) < 4.78 is 0. The first-order chi connectivity index (χ1) is 12.4. The standard InChI is InChI=1S/C20H23N5O/c1-13(2)16-8-10-17(11-9-16)20-22-24-25(23-20)12-18(26)21-19-14(3)6-5-7-15(19)4/h5-11,13H,12H2,1-4H3,(H,21,26). The highest BCUT2D eigenvalue weighted by molar-refractivity contribution is 5.92. The fourth-order valence-corrected chi connectivity index (χ4v) is 2.76. The van der Waals surface area contributed by atoms with E-state index < -0.39 is 0 Å². The van der Waals surface area contributed by atoms with Crippen LogP contribution in [0.1, 0.15) is 36.5 Å². The summed E-state index contributed by atoms with van der Waals surface area (Å²) in [6.45, 7) is 8.26. The van der Waals surface area contributed by atoms with Crippen molar-refractivity contribution >= 4 is 11.6 Å². The van der Waals surface area contributed by atoms with Crippen molar-refractivity contribution in [3.63, 3.8) is 0 Å². The van der Waals surface area contributed by atoms with E-state index in [1.165, 1.54) is 10.4 Å². The fraction of sp³-hybridized carbons (Fsp3) is 0.300. The molecule has 1 N–H and O–H groups in total. The van der Waals surface area contributed by atoms with E-state index in [0.717, 1.165) is 22.4 Å². The van der Waals surface area contributed by atoms with Crippen LogP contribution in [0.25, 0.3) is 11.4 Å². The zero-order chi connectivity index (χ0) is 18.7. The molecule has 1 aromatic heterocycles. The molecule has 26 heavy (non-hydrogen) atoms. The van der Waals surface area contributed by atoms with E-state index in [-0.39, 0.29) is 12.5 Å². The molecule has 0 aliphatic carbocycles. The molecule has 134 valence electrons.